The van der Waals surface area contributed by atoms with Crippen LogP contribution in [0.5, 0.6) is 11.5 Å². The van der Waals surface area contributed by atoms with Crippen LogP contribution >= 0.6 is 0 Å². The smallest absolute Gasteiger partial charge is 0.387 e. The molecule has 0 saturated heterocycles. The number of nitrogens with two attached hydrogens (primary N) is 1. The molecule has 2 aromatic rings. The summed E-state index contributed by atoms with van der Waals surface area (Å²) in [6, 6.07) is 9.65. The van der Waals surface area contributed by atoms with Crippen LogP contribution in [0, 0.1) is 0 Å². The van der Waals surface area contributed by atoms with Gasteiger partial charge >= 0.3 is 6.61 Å². The molecule has 0 spiro atoms. The third kappa shape index (κ3) is 6.37. The molecule has 2 atom stereocenters. The number of rotatable bonds is 9. The zero-order valence-electron chi connectivity index (χ0n) is 16.7. The zero-order chi connectivity index (χ0) is 22.5. The fourth-order valence-corrected chi connectivity index (χ4v) is 3.21. The number of alkyl halides is 2. The molecule has 0 saturated carbocycles. The van der Waals surface area contributed by atoms with Crippen LogP contribution in [0.4, 0.5) is 14.5 Å². The van der Waals surface area contributed by atoms with Gasteiger partial charge in [0, 0.05) is 11.3 Å². The Morgan fingerprint density at radius 2 is 1.80 bits per heavy atom. The minimum Gasteiger partial charge on any atom is -0.493 e. The van der Waals surface area contributed by atoms with Crippen LogP contribution in [0.1, 0.15) is 12.5 Å². The normalized spacial score (nSPS) is 13.6. The summed E-state index contributed by atoms with van der Waals surface area (Å²) in [5.41, 5.74) is 1.20. The van der Waals surface area contributed by atoms with E-state index >= 15 is 0 Å². The van der Waals surface area contributed by atoms with Crippen molar-refractivity contribution in [2.24, 2.45) is 5.14 Å². The first-order valence-electron chi connectivity index (χ1n) is 8.89. The van der Waals surface area contributed by atoms with E-state index in [1.54, 1.807) is 19.1 Å². The Labute approximate surface area is 173 Å². The van der Waals surface area contributed by atoms with Gasteiger partial charge in [-0.05, 0) is 49.4 Å². The summed E-state index contributed by atoms with van der Waals surface area (Å²) in [6.07, 6.45) is 0. The van der Waals surface area contributed by atoms with Crippen LogP contribution in [-0.4, -0.2) is 41.1 Å². The number of ether oxygens (including phenoxy) is 2. The van der Waals surface area contributed by atoms with Gasteiger partial charge in [-0.3, -0.25) is 4.79 Å². The van der Waals surface area contributed by atoms with Gasteiger partial charge in [0.25, 0.3) is 5.91 Å². The van der Waals surface area contributed by atoms with Crippen molar-refractivity contribution in [2.45, 2.75) is 31.0 Å². The molecule has 0 fully saturated rings. The number of anilines is 1. The molecule has 1 amide bonds. The van der Waals surface area contributed by atoms with E-state index in [-0.39, 0.29) is 22.3 Å². The molecule has 4 N–H and O–H groups in total. The SMILES string of the molecule is COc1cc(C[NH+](C)[C@@H](C)C(=O)Nc2ccc(S(N)(=O)=O)cc2)ccc1OC(F)F. The average molecular weight is 444 g/mol. The predicted octanol–water partition coefficient (Wildman–Crippen LogP) is 0.986. The first kappa shape index (κ1) is 23.5. The Morgan fingerprint density at radius 1 is 1.17 bits per heavy atom. The van der Waals surface area contributed by atoms with E-state index in [1.165, 1.54) is 37.4 Å². The summed E-state index contributed by atoms with van der Waals surface area (Å²) >= 11 is 0. The molecule has 164 valence electrons. The van der Waals surface area contributed by atoms with Gasteiger partial charge in [-0.25, -0.2) is 13.6 Å². The number of sulfonamides is 1. The molecule has 11 heteroatoms. The van der Waals surface area contributed by atoms with E-state index in [4.69, 9.17) is 9.88 Å². The second-order valence-corrected chi connectivity index (χ2v) is 8.23. The highest BCUT2D eigenvalue weighted by Gasteiger charge is 2.23. The van der Waals surface area contributed by atoms with Gasteiger partial charge in [-0.1, -0.05) is 0 Å². The number of nitrogens with one attached hydrogen (secondary N) is 2. The van der Waals surface area contributed by atoms with Gasteiger partial charge in [0.05, 0.1) is 19.1 Å². The molecular weight excluding hydrogens is 420 g/mol. The van der Waals surface area contributed by atoms with Gasteiger partial charge in [-0.15, -0.1) is 0 Å². The van der Waals surface area contributed by atoms with Crippen LogP contribution in [-0.2, 0) is 21.4 Å². The predicted molar refractivity (Wildman–Crippen MR) is 106 cm³/mol. The van der Waals surface area contributed by atoms with Crippen molar-refractivity contribution < 1.29 is 36.4 Å². The summed E-state index contributed by atoms with van der Waals surface area (Å²) in [7, 11) is -0.643. The van der Waals surface area contributed by atoms with Gasteiger partial charge in [0.15, 0.2) is 17.5 Å². The highest BCUT2D eigenvalue weighted by Crippen LogP contribution is 2.29. The molecular formula is C19H24F2N3O5S+. The number of likely N-dealkylation sites (N-methyl/N-ethyl adjacent to an activating group) is 1. The van der Waals surface area contributed by atoms with Crippen LogP contribution in [0.25, 0.3) is 0 Å². The molecule has 0 aliphatic carbocycles. The number of amides is 1. The fourth-order valence-electron chi connectivity index (χ4n) is 2.69. The minimum atomic E-state index is -3.81. The Morgan fingerprint density at radius 3 is 2.33 bits per heavy atom. The summed E-state index contributed by atoms with van der Waals surface area (Å²) in [4.78, 5) is 13.3. The minimum absolute atomic E-state index is 0.0514. The number of hydrogen-bond acceptors (Lipinski definition) is 5. The first-order valence-corrected chi connectivity index (χ1v) is 10.4. The lowest BCUT2D eigenvalue weighted by Crippen LogP contribution is -3.12. The lowest BCUT2D eigenvalue weighted by atomic mass is 10.1. The quantitative estimate of drug-likeness (QED) is 0.534. The molecule has 8 nitrogen and oxygen atoms in total. The van der Waals surface area contributed by atoms with Gasteiger partial charge in [0.1, 0.15) is 6.54 Å². The van der Waals surface area contributed by atoms with E-state index in [2.05, 4.69) is 10.1 Å². The second kappa shape index (κ2) is 9.83. The summed E-state index contributed by atoms with van der Waals surface area (Å²) in [6.45, 7) is -0.806. The number of halogens is 2. The molecule has 30 heavy (non-hydrogen) atoms. The molecule has 0 heterocycles. The van der Waals surface area contributed by atoms with E-state index < -0.39 is 22.7 Å². The second-order valence-electron chi connectivity index (χ2n) is 6.67. The van der Waals surface area contributed by atoms with Crippen LogP contribution in [0.15, 0.2) is 47.4 Å². The van der Waals surface area contributed by atoms with Crippen LogP contribution in [0.2, 0.25) is 0 Å². The molecule has 0 aliphatic rings. The maximum absolute atomic E-state index is 12.5. The van der Waals surface area contributed by atoms with Crippen LogP contribution < -0.4 is 24.8 Å². The first-order chi connectivity index (χ1) is 14.0. The molecule has 0 aliphatic heterocycles. The van der Waals surface area contributed by atoms with E-state index in [0.717, 1.165) is 10.5 Å². The number of benzene rings is 2. The number of hydrogen-bond donors (Lipinski definition) is 3. The van der Waals surface area contributed by atoms with Crippen molar-refractivity contribution in [2.75, 3.05) is 19.5 Å². The Bertz CT molecular complexity index is 984. The molecule has 0 aromatic heterocycles. The summed E-state index contributed by atoms with van der Waals surface area (Å²) < 4.78 is 57.0. The summed E-state index contributed by atoms with van der Waals surface area (Å²) in [5, 5.41) is 7.77. The zero-order valence-corrected chi connectivity index (χ0v) is 17.5. The molecule has 0 bridgehead atoms. The largest absolute Gasteiger partial charge is 0.493 e. The van der Waals surface area contributed by atoms with Gasteiger partial charge < -0.3 is 19.7 Å². The van der Waals surface area contributed by atoms with E-state index in [1.807, 2.05) is 7.05 Å². The van der Waals surface area contributed by atoms with Crippen molar-refractivity contribution in [3.63, 3.8) is 0 Å². The Hall–Kier alpha value is -2.76. The van der Waals surface area contributed by atoms with Crippen molar-refractivity contribution in [3.05, 3.63) is 48.0 Å². The lowest BCUT2D eigenvalue weighted by Gasteiger charge is -2.21. The van der Waals surface area contributed by atoms with Crippen molar-refractivity contribution in [3.8, 4) is 11.5 Å². The number of carbonyl (C=O) groups excluding carboxylic acids is 1. The fraction of sp³-hybridized carbons (Fsp3) is 0.316. The third-order valence-electron chi connectivity index (χ3n) is 4.51. The number of carbonyl (C=O) groups is 1. The highest BCUT2D eigenvalue weighted by atomic mass is 32.2. The highest BCUT2D eigenvalue weighted by molar-refractivity contribution is 7.89. The van der Waals surface area contributed by atoms with E-state index in [0.29, 0.717) is 12.2 Å². The molecule has 2 rings (SSSR count). The topological polar surface area (TPSA) is 112 Å². The van der Waals surface area contributed by atoms with Gasteiger partial charge in [0.2, 0.25) is 10.0 Å². The Balaban J connectivity index is 2.02. The van der Waals surface area contributed by atoms with Crippen molar-refractivity contribution in [1.82, 2.24) is 0 Å². The number of methoxy groups -OCH3 is 1. The molecule has 0 radical (unpaired) electrons. The molecule has 2 aromatic carbocycles. The summed E-state index contributed by atoms with van der Waals surface area (Å²) in [5.74, 6) is -0.171. The number of primary sulfonamides is 1. The van der Waals surface area contributed by atoms with E-state index in [9.17, 15) is 22.0 Å². The van der Waals surface area contributed by atoms with Crippen molar-refractivity contribution in [1.29, 1.82) is 0 Å². The average Bonchev–Trinajstić information content (AvgIpc) is 2.67. The maximum Gasteiger partial charge on any atom is 0.387 e. The van der Waals surface area contributed by atoms with Gasteiger partial charge in [-0.2, -0.15) is 8.78 Å². The standard InChI is InChI=1S/C19H23F2N3O5S/c1-12(18(25)23-14-5-7-15(8-6-14)30(22,26)27)24(2)11-13-4-9-16(29-19(20)21)17(10-13)28-3/h4-10,12,19H,11H2,1-3H3,(H,23,25)(H2,22,26,27)/p+1/t12-/m0/s1. The molecule has 1 unspecified atom stereocenters. The lowest BCUT2D eigenvalue weighted by molar-refractivity contribution is -0.907. The third-order valence-corrected chi connectivity index (χ3v) is 5.44. The Kier molecular flexibility index (Phi) is 7.71. The van der Waals surface area contributed by atoms with Crippen molar-refractivity contribution >= 4 is 21.6 Å². The monoisotopic (exact) mass is 444 g/mol. The number of quaternary nitrogens is 1. The maximum atomic E-state index is 12.5. The van der Waals surface area contributed by atoms with Crippen LogP contribution in [0.3, 0.4) is 0 Å².